The van der Waals surface area contributed by atoms with Crippen molar-refractivity contribution in [2.75, 3.05) is 0 Å². The van der Waals surface area contributed by atoms with Crippen LogP contribution in [-0.2, 0) is 0 Å². The fourth-order valence-corrected chi connectivity index (χ4v) is 2.73. The van der Waals surface area contributed by atoms with E-state index in [-0.39, 0.29) is 0 Å². The Labute approximate surface area is 88.9 Å². The minimum Gasteiger partial charge on any atom is -0.196 e. The Morgan fingerprint density at radius 1 is 1.21 bits per heavy atom. The second-order valence-corrected chi connectivity index (χ2v) is 4.38. The standard InChI is InChI=1S/C12H15NS/c1-3-9(4-2)12-10-7-5-6-8-11(10)14-13-12/h5-9H,3-4H2,1-2H3. The molecular formula is C12H15NS. The lowest BCUT2D eigenvalue weighted by atomic mass is 9.97. The van der Waals surface area contributed by atoms with Gasteiger partial charge in [-0.2, -0.15) is 4.37 Å². The van der Waals surface area contributed by atoms with Gasteiger partial charge >= 0.3 is 0 Å². The maximum atomic E-state index is 4.58. The highest BCUT2D eigenvalue weighted by Gasteiger charge is 2.13. The number of hydrogen-bond acceptors (Lipinski definition) is 2. The van der Waals surface area contributed by atoms with E-state index < -0.39 is 0 Å². The van der Waals surface area contributed by atoms with Crippen LogP contribution in [0.1, 0.15) is 38.3 Å². The minimum atomic E-state index is 0.631. The Balaban J connectivity index is 2.51. The second kappa shape index (κ2) is 4.09. The molecule has 0 radical (unpaired) electrons. The number of fused-ring (bicyclic) bond motifs is 1. The summed E-state index contributed by atoms with van der Waals surface area (Å²) in [6, 6.07) is 8.52. The molecule has 1 aromatic heterocycles. The third-order valence-corrected chi connectivity index (χ3v) is 3.62. The largest absolute Gasteiger partial charge is 0.196 e. The summed E-state index contributed by atoms with van der Waals surface area (Å²) in [5.41, 5.74) is 1.30. The molecule has 0 spiro atoms. The highest BCUT2D eigenvalue weighted by atomic mass is 32.1. The molecule has 0 N–H and O–H groups in total. The molecule has 0 bridgehead atoms. The third kappa shape index (κ3) is 1.55. The zero-order valence-corrected chi connectivity index (χ0v) is 9.47. The third-order valence-electron chi connectivity index (χ3n) is 2.78. The predicted molar refractivity (Wildman–Crippen MR) is 62.9 cm³/mol. The average Bonchev–Trinajstić information content (AvgIpc) is 2.65. The van der Waals surface area contributed by atoms with E-state index in [1.165, 1.54) is 28.6 Å². The fourth-order valence-electron chi connectivity index (χ4n) is 1.88. The van der Waals surface area contributed by atoms with Crippen molar-refractivity contribution >= 4 is 21.6 Å². The van der Waals surface area contributed by atoms with Crippen molar-refractivity contribution in [3.05, 3.63) is 30.0 Å². The first-order valence-electron chi connectivity index (χ1n) is 5.21. The van der Waals surface area contributed by atoms with Gasteiger partial charge in [-0.1, -0.05) is 32.0 Å². The molecule has 2 rings (SSSR count). The molecule has 1 nitrogen and oxygen atoms in total. The van der Waals surface area contributed by atoms with Crippen LogP contribution in [0.15, 0.2) is 24.3 Å². The molecule has 0 fully saturated rings. The summed E-state index contributed by atoms with van der Waals surface area (Å²) in [4.78, 5) is 0. The maximum absolute atomic E-state index is 4.58. The monoisotopic (exact) mass is 205 g/mol. The lowest BCUT2D eigenvalue weighted by molar-refractivity contribution is 0.634. The van der Waals surface area contributed by atoms with Gasteiger partial charge in [0.25, 0.3) is 0 Å². The number of benzene rings is 1. The SMILES string of the molecule is CCC(CC)c1nsc2ccccc12. The van der Waals surface area contributed by atoms with E-state index in [1.54, 1.807) is 11.5 Å². The molecule has 0 unspecified atom stereocenters. The smallest absolute Gasteiger partial charge is 0.0651 e. The van der Waals surface area contributed by atoms with Crippen LogP contribution >= 0.6 is 11.5 Å². The number of nitrogens with zero attached hydrogens (tertiary/aromatic N) is 1. The molecule has 0 atom stereocenters. The summed E-state index contributed by atoms with van der Waals surface area (Å²) in [6.07, 6.45) is 2.37. The molecule has 1 aromatic carbocycles. The van der Waals surface area contributed by atoms with Crippen molar-refractivity contribution < 1.29 is 0 Å². The van der Waals surface area contributed by atoms with E-state index >= 15 is 0 Å². The van der Waals surface area contributed by atoms with Crippen molar-refractivity contribution in [2.24, 2.45) is 0 Å². The number of aromatic nitrogens is 1. The van der Waals surface area contributed by atoms with E-state index in [0.717, 1.165) is 0 Å². The summed E-state index contributed by atoms with van der Waals surface area (Å²) >= 11 is 1.62. The fraction of sp³-hybridized carbons (Fsp3) is 0.417. The van der Waals surface area contributed by atoms with Gasteiger partial charge in [0.05, 0.1) is 10.4 Å². The quantitative estimate of drug-likeness (QED) is 0.731. The Morgan fingerprint density at radius 2 is 1.93 bits per heavy atom. The topological polar surface area (TPSA) is 12.9 Å². The van der Waals surface area contributed by atoms with E-state index in [1.807, 2.05) is 0 Å². The van der Waals surface area contributed by atoms with Gasteiger partial charge in [0, 0.05) is 11.3 Å². The summed E-state index contributed by atoms with van der Waals surface area (Å²) in [5.74, 6) is 0.631. The Kier molecular flexibility index (Phi) is 2.82. The Morgan fingerprint density at radius 3 is 2.64 bits per heavy atom. The number of rotatable bonds is 3. The van der Waals surface area contributed by atoms with Crippen LogP contribution in [0.4, 0.5) is 0 Å². The average molecular weight is 205 g/mol. The molecule has 0 aliphatic heterocycles. The van der Waals surface area contributed by atoms with Gasteiger partial charge in [-0.25, -0.2) is 0 Å². The first-order chi connectivity index (χ1) is 6.86. The summed E-state index contributed by atoms with van der Waals surface area (Å²) in [7, 11) is 0. The Bertz CT molecular complexity index is 415. The molecular weight excluding hydrogens is 190 g/mol. The maximum Gasteiger partial charge on any atom is 0.0651 e. The lowest BCUT2D eigenvalue weighted by Gasteiger charge is -2.08. The van der Waals surface area contributed by atoms with Gasteiger partial charge in [-0.3, -0.25) is 0 Å². The molecule has 0 saturated heterocycles. The molecule has 0 saturated carbocycles. The summed E-state index contributed by atoms with van der Waals surface area (Å²) < 4.78 is 5.89. The summed E-state index contributed by atoms with van der Waals surface area (Å²) in [6.45, 7) is 4.48. The van der Waals surface area contributed by atoms with Crippen molar-refractivity contribution in [1.82, 2.24) is 4.37 Å². The van der Waals surface area contributed by atoms with Crippen molar-refractivity contribution in [1.29, 1.82) is 0 Å². The number of hydrogen-bond donors (Lipinski definition) is 0. The first-order valence-corrected chi connectivity index (χ1v) is 5.98. The second-order valence-electron chi connectivity index (χ2n) is 3.58. The van der Waals surface area contributed by atoms with Crippen molar-refractivity contribution in [2.45, 2.75) is 32.6 Å². The molecule has 2 aromatic rings. The first kappa shape index (κ1) is 9.66. The highest BCUT2D eigenvalue weighted by molar-refractivity contribution is 7.13. The van der Waals surface area contributed by atoms with Crippen LogP contribution in [-0.4, -0.2) is 4.37 Å². The van der Waals surface area contributed by atoms with Crippen LogP contribution in [0, 0.1) is 0 Å². The summed E-state index contributed by atoms with van der Waals surface area (Å²) in [5, 5.41) is 1.35. The van der Waals surface area contributed by atoms with Gasteiger partial charge in [0.1, 0.15) is 0 Å². The van der Waals surface area contributed by atoms with E-state index in [9.17, 15) is 0 Å². The highest BCUT2D eigenvalue weighted by Crippen LogP contribution is 2.31. The van der Waals surface area contributed by atoms with Crippen LogP contribution in [0.25, 0.3) is 10.1 Å². The van der Waals surface area contributed by atoms with Gasteiger partial charge in [-0.05, 0) is 30.4 Å². The molecule has 0 amide bonds. The van der Waals surface area contributed by atoms with Gasteiger partial charge < -0.3 is 0 Å². The molecule has 14 heavy (non-hydrogen) atoms. The van der Waals surface area contributed by atoms with Gasteiger partial charge in [0.2, 0.25) is 0 Å². The Hall–Kier alpha value is -0.890. The van der Waals surface area contributed by atoms with E-state index in [4.69, 9.17) is 0 Å². The van der Waals surface area contributed by atoms with Crippen LogP contribution in [0.3, 0.4) is 0 Å². The zero-order valence-electron chi connectivity index (χ0n) is 8.66. The molecule has 1 heterocycles. The van der Waals surface area contributed by atoms with Gasteiger partial charge in [0.15, 0.2) is 0 Å². The minimum absolute atomic E-state index is 0.631. The molecule has 0 aliphatic rings. The molecule has 74 valence electrons. The van der Waals surface area contributed by atoms with E-state index in [2.05, 4.69) is 42.5 Å². The molecule has 2 heteroatoms. The zero-order chi connectivity index (χ0) is 9.97. The lowest BCUT2D eigenvalue weighted by Crippen LogP contribution is -1.95. The predicted octanol–water partition coefficient (Wildman–Crippen LogP) is 4.20. The van der Waals surface area contributed by atoms with Crippen molar-refractivity contribution in [3.8, 4) is 0 Å². The van der Waals surface area contributed by atoms with Crippen LogP contribution in [0.2, 0.25) is 0 Å². The van der Waals surface area contributed by atoms with Gasteiger partial charge in [-0.15, -0.1) is 0 Å². The van der Waals surface area contributed by atoms with Crippen LogP contribution < -0.4 is 0 Å². The van der Waals surface area contributed by atoms with Crippen molar-refractivity contribution in [3.63, 3.8) is 0 Å². The normalized spacial score (nSPS) is 11.4. The van der Waals surface area contributed by atoms with Crippen LogP contribution in [0.5, 0.6) is 0 Å². The molecule has 0 aliphatic carbocycles. The van der Waals surface area contributed by atoms with E-state index in [0.29, 0.717) is 5.92 Å².